The van der Waals surface area contributed by atoms with E-state index in [-0.39, 0.29) is 0 Å². The highest BCUT2D eigenvalue weighted by atomic mass is 14.6. The lowest BCUT2D eigenvalue weighted by atomic mass is 10.2. The third-order valence-corrected chi connectivity index (χ3v) is 2.06. The number of aromatic nitrogens is 2. The van der Waals surface area contributed by atoms with E-state index in [4.69, 9.17) is 0 Å². The zero-order valence-electron chi connectivity index (χ0n) is 10.4. The van der Waals surface area contributed by atoms with Gasteiger partial charge in [0, 0.05) is 24.3 Å². The summed E-state index contributed by atoms with van der Waals surface area (Å²) < 4.78 is 0. The number of pyridine rings is 2. The average Bonchev–Trinajstić information content (AvgIpc) is 2.17. The highest BCUT2D eigenvalue weighted by Crippen LogP contribution is 1.97. The van der Waals surface area contributed by atoms with E-state index in [1.54, 1.807) is 0 Å². The van der Waals surface area contributed by atoms with Crippen LogP contribution in [0.25, 0.3) is 0 Å². The molecule has 2 heteroatoms. The number of hydrogen-bond acceptors (Lipinski definition) is 2. The van der Waals surface area contributed by atoms with Gasteiger partial charge in [-0.2, -0.15) is 0 Å². The van der Waals surface area contributed by atoms with Crippen LogP contribution in [0.4, 0.5) is 0 Å². The summed E-state index contributed by atoms with van der Waals surface area (Å²) in [6.07, 6.45) is 5.53. The first-order chi connectivity index (χ1) is 7.58. The molecule has 84 valence electrons. The van der Waals surface area contributed by atoms with Gasteiger partial charge in [0.1, 0.15) is 0 Å². The molecule has 0 fully saturated rings. The van der Waals surface area contributed by atoms with Gasteiger partial charge in [-0.3, -0.25) is 9.97 Å². The number of hydrogen-bond donors (Lipinski definition) is 0. The summed E-state index contributed by atoms with van der Waals surface area (Å²) in [7, 11) is 0. The molecule has 0 saturated carbocycles. The molecule has 0 spiro atoms. The van der Waals surface area contributed by atoms with E-state index in [9.17, 15) is 0 Å². The van der Waals surface area contributed by atoms with Gasteiger partial charge in [-0.25, -0.2) is 0 Å². The van der Waals surface area contributed by atoms with E-state index in [1.165, 1.54) is 16.7 Å². The predicted octanol–water partition coefficient (Wildman–Crippen LogP) is 3.40. The Balaban J connectivity index is 0.000000160. The van der Waals surface area contributed by atoms with Gasteiger partial charge < -0.3 is 0 Å². The number of rotatable bonds is 0. The standard InChI is InChI=1S/2C7H9N/c1-6-3-7(2)5-8-4-6;1-6-3-4-8-7(2)5-6/h2*3-5H,1-2H3. The van der Waals surface area contributed by atoms with Gasteiger partial charge in [0.25, 0.3) is 0 Å². The molecule has 0 aliphatic carbocycles. The molecule has 0 aromatic carbocycles. The topological polar surface area (TPSA) is 25.8 Å². The summed E-state index contributed by atoms with van der Waals surface area (Å²) in [5, 5.41) is 0. The summed E-state index contributed by atoms with van der Waals surface area (Å²) in [6, 6.07) is 6.15. The molecule has 0 N–H and O–H groups in total. The van der Waals surface area contributed by atoms with Crippen LogP contribution in [0, 0.1) is 27.7 Å². The second-order valence-corrected chi connectivity index (χ2v) is 4.01. The van der Waals surface area contributed by atoms with Crippen molar-refractivity contribution in [2.24, 2.45) is 0 Å². The van der Waals surface area contributed by atoms with Crippen molar-refractivity contribution >= 4 is 0 Å². The Labute approximate surface area is 97.4 Å². The zero-order valence-corrected chi connectivity index (χ0v) is 10.4. The molecular weight excluding hydrogens is 196 g/mol. The quantitative estimate of drug-likeness (QED) is 0.671. The minimum atomic E-state index is 1.09. The zero-order chi connectivity index (χ0) is 12.0. The van der Waals surface area contributed by atoms with Gasteiger partial charge >= 0.3 is 0 Å². The molecule has 2 rings (SSSR count). The number of nitrogens with zero attached hydrogens (tertiary/aromatic N) is 2. The van der Waals surface area contributed by atoms with E-state index in [0.717, 1.165) is 5.69 Å². The van der Waals surface area contributed by atoms with Crippen molar-refractivity contribution in [2.75, 3.05) is 0 Å². The molecule has 0 amide bonds. The van der Waals surface area contributed by atoms with E-state index < -0.39 is 0 Å². The van der Waals surface area contributed by atoms with Crippen LogP contribution in [0.2, 0.25) is 0 Å². The molecule has 2 aromatic heterocycles. The fourth-order valence-corrected chi connectivity index (χ4v) is 1.39. The lowest BCUT2D eigenvalue weighted by Gasteiger charge is -1.90. The van der Waals surface area contributed by atoms with Crippen LogP contribution in [-0.4, -0.2) is 9.97 Å². The maximum Gasteiger partial charge on any atom is 0.0375 e. The first-order valence-electron chi connectivity index (χ1n) is 5.35. The van der Waals surface area contributed by atoms with Crippen LogP contribution in [-0.2, 0) is 0 Å². The second kappa shape index (κ2) is 6.01. The Hall–Kier alpha value is -1.70. The largest absolute Gasteiger partial charge is 0.264 e. The van der Waals surface area contributed by atoms with Crippen molar-refractivity contribution < 1.29 is 0 Å². The van der Waals surface area contributed by atoms with Crippen LogP contribution >= 0.6 is 0 Å². The monoisotopic (exact) mass is 214 g/mol. The summed E-state index contributed by atoms with van der Waals surface area (Å²) >= 11 is 0. The van der Waals surface area contributed by atoms with E-state index >= 15 is 0 Å². The summed E-state index contributed by atoms with van der Waals surface area (Å²) in [6.45, 7) is 8.14. The maximum atomic E-state index is 4.04. The Morgan fingerprint density at radius 3 is 1.75 bits per heavy atom. The molecule has 16 heavy (non-hydrogen) atoms. The molecule has 0 bridgehead atoms. The van der Waals surface area contributed by atoms with E-state index in [2.05, 4.69) is 29.0 Å². The van der Waals surface area contributed by atoms with Crippen molar-refractivity contribution in [3.63, 3.8) is 0 Å². The van der Waals surface area contributed by atoms with Gasteiger partial charge in [-0.15, -0.1) is 0 Å². The first kappa shape index (κ1) is 12.4. The van der Waals surface area contributed by atoms with Crippen LogP contribution in [0.5, 0.6) is 0 Å². The Kier molecular flexibility index (Phi) is 4.65. The van der Waals surface area contributed by atoms with Gasteiger partial charge in [0.05, 0.1) is 0 Å². The highest BCUT2D eigenvalue weighted by molar-refractivity contribution is 5.14. The summed E-state index contributed by atoms with van der Waals surface area (Å²) in [4.78, 5) is 8.02. The molecule has 0 aliphatic rings. The van der Waals surface area contributed by atoms with Gasteiger partial charge in [-0.1, -0.05) is 6.07 Å². The van der Waals surface area contributed by atoms with Gasteiger partial charge in [0.15, 0.2) is 0 Å². The van der Waals surface area contributed by atoms with Crippen molar-refractivity contribution in [2.45, 2.75) is 27.7 Å². The molecule has 0 aliphatic heterocycles. The maximum absolute atomic E-state index is 4.04. The number of aryl methyl sites for hydroxylation is 4. The molecule has 0 unspecified atom stereocenters. The molecule has 2 nitrogen and oxygen atoms in total. The molecule has 0 saturated heterocycles. The molecular formula is C14H18N2. The van der Waals surface area contributed by atoms with Crippen molar-refractivity contribution in [3.05, 3.63) is 59.2 Å². The second-order valence-electron chi connectivity index (χ2n) is 4.01. The summed E-state index contributed by atoms with van der Waals surface area (Å²) in [5.41, 5.74) is 4.82. The predicted molar refractivity (Wildman–Crippen MR) is 67.4 cm³/mol. The minimum absolute atomic E-state index is 1.09. The smallest absolute Gasteiger partial charge is 0.0375 e. The van der Waals surface area contributed by atoms with Crippen molar-refractivity contribution in [1.29, 1.82) is 0 Å². The first-order valence-corrected chi connectivity index (χ1v) is 5.35. The fraction of sp³-hybridized carbons (Fsp3) is 0.286. The third kappa shape index (κ3) is 4.69. The highest BCUT2D eigenvalue weighted by Gasteiger charge is 1.82. The summed E-state index contributed by atoms with van der Waals surface area (Å²) in [5.74, 6) is 0. The van der Waals surface area contributed by atoms with Gasteiger partial charge in [-0.05, 0) is 56.5 Å². The Bertz CT molecular complexity index is 372. The van der Waals surface area contributed by atoms with Crippen molar-refractivity contribution in [3.8, 4) is 0 Å². The van der Waals surface area contributed by atoms with Gasteiger partial charge in [0.2, 0.25) is 0 Å². The third-order valence-electron chi connectivity index (χ3n) is 2.06. The van der Waals surface area contributed by atoms with Crippen LogP contribution in [0.3, 0.4) is 0 Å². The van der Waals surface area contributed by atoms with Crippen LogP contribution in [0.1, 0.15) is 22.4 Å². The minimum Gasteiger partial charge on any atom is -0.264 e. The lowest BCUT2D eigenvalue weighted by molar-refractivity contribution is 1.18. The molecule has 0 radical (unpaired) electrons. The molecule has 0 atom stereocenters. The van der Waals surface area contributed by atoms with Crippen molar-refractivity contribution in [1.82, 2.24) is 9.97 Å². The van der Waals surface area contributed by atoms with E-state index in [1.807, 2.05) is 45.4 Å². The normalized spacial score (nSPS) is 9.25. The molecule has 2 heterocycles. The fourth-order valence-electron chi connectivity index (χ4n) is 1.39. The molecule has 2 aromatic rings. The Morgan fingerprint density at radius 1 is 0.812 bits per heavy atom. The van der Waals surface area contributed by atoms with Crippen LogP contribution in [0.15, 0.2) is 36.8 Å². The Morgan fingerprint density at radius 2 is 1.44 bits per heavy atom. The van der Waals surface area contributed by atoms with E-state index in [0.29, 0.717) is 0 Å². The lowest BCUT2D eigenvalue weighted by Crippen LogP contribution is -1.78. The SMILES string of the molecule is Cc1ccnc(C)c1.Cc1cncc(C)c1. The average molecular weight is 214 g/mol. The van der Waals surface area contributed by atoms with Crippen LogP contribution < -0.4 is 0 Å².